The van der Waals surface area contributed by atoms with Gasteiger partial charge in [0.05, 0.1) is 52.7 Å². The molecule has 1 aliphatic rings. The third-order valence-corrected chi connectivity index (χ3v) is 5.68. The van der Waals surface area contributed by atoms with Crippen LogP contribution in [0.2, 0.25) is 0 Å². The molecule has 206 valence electrons. The second-order valence-corrected chi connectivity index (χ2v) is 8.59. The predicted octanol–water partition coefficient (Wildman–Crippen LogP) is 0.337. The number of ether oxygens (including phenoxy) is 4. The number of rotatable bonds is 8. The molecule has 1 saturated heterocycles. The molecule has 2 N–H and O–H groups in total. The van der Waals surface area contributed by atoms with E-state index in [1.165, 1.54) is 0 Å². The van der Waals surface area contributed by atoms with Crippen LogP contribution in [0.3, 0.4) is 0 Å². The van der Waals surface area contributed by atoms with Crippen LogP contribution in [0.4, 0.5) is 0 Å². The Kier molecular flexibility index (Phi) is 15.3. The molecule has 11 heteroatoms. The number of carboxylic acid groups (broad SMARTS) is 2. The first kappa shape index (κ1) is 30.5. The molecule has 0 aromatic heterocycles. The molecule has 0 radical (unpaired) electrons. The highest BCUT2D eigenvalue weighted by Crippen LogP contribution is 2.13. The minimum atomic E-state index is -0.906. The maximum Gasteiger partial charge on any atom is 0.317 e. The summed E-state index contributed by atoms with van der Waals surface area (Å²) in [4.78, 5) is 28.2. The van der Waals surface area contributed by atoms with Crippen LogP contribution in [-0.4, -0.2) is 135 Å². The molecule has 11 nitrogen and oxygen atoms in total. The van der Waals surface area contributed by atoms with Crippen LogP contribution in [-0.2, 0) is 30.3 Å². The second-order valence-electron chi connectivity index (χ2n) is 8.59. The summed E-state index contributed by atoms with van der Waals surface area (Å²) in [6, 6.07) is 7.77. The fourth-order valence-electron chi connectivity index (χ4n) is 3.73. The van der Waals surface area contributed by atoms with Gasteiger partial charge in [-0.2, -0.15) is 0 Å². The molecule has 0 aliphatic carbocycles. The fraction of sp³-hybridized carbons (Fsp3) is 0.615. The summed E-state index contributed by atoms with van der Waals surface area (Å²) in [5.74, 6) is 1.35. The quantitative estimate of drug-likeness (QED) is 0.461. The highest BCUT2D eigenvalue weighted by molar-refractivity contribution is 5.69. The van der Waals surface area contributed by atoms with E-state index in [1.54, 1.807) is 9.80 Å². The van der Waals surface area contributed by atoms with Crippen LogP contribution in [0, 0.1) is 12.3 Å². The Hall–Kier alpha value is -2.72. The van der Waals surface area contributed by atoms with Crippen molar-refractivity contribution < 1.29 is 38.7 Å². The molecule has 0 atom stereocenters. The third-order valence-electron chi connectivity index (χ3n) is 5.68. The van der Waals surface area contributed by atoms with Crippen molar-refractivity contribution in [1.29, 1.82) is 0 Å². The third kappa shape index (κ3) is 14.6. The average molecular weight is 522 g/mol. The number of aliphatic carboxylic acids is 2. The highest BCUT2D eigenvalue weighted by atomic mass is 16.5. The molecule has 0 bridgehead atoms. The van der Waals surface area contributed by atoms with E-state index in [9.17, 15) is 19.8 Å². The van der Waals surface area contributed by atoms with Crippen molar-refractivity contribution in [3.63, 3.8) is 0 Å². The van der Waals surface area contributed by atoms with Gasteiger partial charge in [0.1, 0.15) is 12.4 Å². The Morgan fingerprint density at radius 3 is 1.54 bits per heavy atom. The summed E-state index contributed by atoms with van der Waals surface area (Å²) in [6.45, 7) is 6.42. The summed E-state index contributed by atoms with van der Waals surface area (Å²) in [5.41, 5.74) is 1.11. The monoisotopic (exact) mass is 521 g/mol. The molecule has 1 heterocycles. The number of hydrogen-bond acceptors (Lipinski definition) is 9. The molecule has 0 saturated carbocycles. The van der Waals surface area contributed by atoms with Gasteiger partial charge in [0, 0.05) is 45.8 Å². The molecule has 1 aliphatic heterocycles. The van der Waals surface area contributed by atoms with Gasteiger partial charge in [0.25, 0.3) is 0 Å². The maximum absolute atomic E-state index is 11.2. The second kappa shape index (κ2) is 18.5. The zero-order chi connectivity index (χ0) is 26.7. The topological polar surface area (TPSA) is 121 Å². The van der Waals surface area contributed by atoms with Crippen LogP contribution in [0.25, 0.3) is 0 Å². The van der Waals surface area contributed by atoms with Crippen molar-refractivity contribution in [2.24, 2.45) is 0 Å². The van der Waals surface area contributed by atoms with Gasteiger partial charge in [-0.1, -0.05) is 18.1 Å². The van der Waals surface area contributed by atoms with E-state index in [4.69, 9.17) is 25.4 Å². The predicted molar refractivity (Wildman–Crippen MR) is 137 cm³/mol. The Morgan fingerprint density at radius 1 is 0.757 bits per heavy atom. The van der Waals surface area contributed by atoms with Crippen molar-refractivity contribution in [3.8, 4) is 18.1 Å². The van der Waals surface area contributed by atoms with Gasteiger partial charge >= 0.3 is 11.9 Å². The van der Waals surface area contributed by atoms with Gasteiger partial charge in [-0.3, -0.25) is 24.3 Å². The number of nitrogens with zero attached hydrogens (tertiary/aromatic N) is 3. The molecular weight excluding hydrogens is 482 g/mol. The Morgan fingerprint density at radius 2 is 1.16 bits per heavy atom. The first-order valence-electron chi connectivity index (χ1n) is 12.5. The van der Waals surface area contributed by atoms with Crippen molar-refractivity contribution in [3.05, 3.63) is 29.8 Å². The molecular formula is C26H39N3O8. The molecule has 1 aromatic carbocycles. The summed E-state index contributed by atoms with van der Waals surface area (Å²) in [7, 11) is 0. The van der Waals surface area contributed by atoms with Crippen molar-refractivity contribution in [2.45, 2.75) is 6.54 Å². The van der Waals surface area contributed by atoms with Gasteiger partial charge in [0.2, 0.25) is 0 Å². The summed E-state index contributed by atoms with van der Waals surface area (Å²) >= 11 is 0. The Bertz CT molecular complexity index is 794. The standard InChI is InChI=1S/C26H39N3O8/c1-2-13-37-24-5-3-23(4-6-24)20-27-7-14-34-16-9-28(21-25(30)31)11-18-36-19-12-29(22-26(32)33)10-17-35-15-8-27/h1,3-6H,7-22H2,(H,30,31)(H,32,33). The van der Waals surface area contributed by atoms with E-state index in [1.807, 2.05) is 24.3 Å². The lowest BCUT2D eigenvalue weighted by molar-refractivity contribution is -0.139. The molecule has 0 unspecified atom stereocenters. The molecule has 1 fully saturated rings. The lowest BCUT2D eigenvalue weighted by atomic mass is 10.2. The number of benzene rings is 1. The van der Waals surface area contributed by atoms with Crippen LogP contribution in [0.5, 0.6) is 5.75 Å². The zero-order valence-electron chi connectivity index (χ0n) is 21.4. The number of terminal acetylenes is 1. The minimum Gasteiger partial charge on any atom is -0.481 e. The first-order chi connectivity index (χ1) is 18.0. The molecule has 37 heavy (non-hydrogen) atoms. The van der Waals surface area contributed by atoms with E-state index >= 15 is 0 Å². The average Bonchev–Trinajstić information content (AvgIpc) is 2.85. The van der Waals surface area contributed by atoms with Gasteiger partial charge in [0.15, 0.2) is 0 Å². The minimum absolute atomic E-state index is 0.0949. The van der Waals surface area contributed by atoms with Crippen LogP contribution in [0.15, 0.2) is 24.3 Å². The van der Waals surface area contributed by atoms with Gasteiger partial charge < -0.3 is 29.2 Å². The van der Waals surface area contributed by atoms with Gasteiger partial charge in [-0.25, -0.2) is 0 Å². The highest BCUT2D eigenvalue weighted by Gasteiger charge is 2.13. The van der Waals surface area contributed by atoms with Gasteiger partial charge in [-0.05, 0) is 17.7 Å². The largest absolute Gasteiger partial charge is 0.481 e. The number of carbonyl (C=O) groups is 2. The summed E-state index contributed by atoms with van der Waals surface area (Å²) in [5, 5.41) is 18.4. The van der Waals surface area contributed by atoms with Crippen LogP contribution < -0.4 is 4.74 Å². The molecule has 1 aromatic rings. The first-order valence-corrected chi connectivity index (χ1v) is 12.5. The number of carboxylic acids is 2. The molecule has 0 amide bonds. The van der Waals surface area contributed by atoms with E-state index < -0.39 is 11.9 Å². The van der Waals surface area contributed by atoms with Crippen molar-refractivity contribution in [2.75, 3.05) is 98.6 Å². The lowest BCUT2D eigenvalue weighted by Gasteiger charge is -2.25. The number of hydrogen-bond donors (Lipinski definition) is 2. The van der Waals surface area contributed by atoms with E-state index in [0.717, 1.165) is 11.3 Å². The SMILES string of the molecule is C#CCOc1ccc(CN2CCOCCN(CC(=O)O)CCOCCN(CC(=O)O)CCOCC2)cc1. The lowest BCUT2D eigenvalue weighted by Crippen LogP contribution is -2.38. The fourth-order valence-corrected chi connectivity index (χ4v) is 3.73. The van der Waals surface area contributed by atoms with Crippen LogP contribution >= 0.6 is 0 Å². The van der Waals surface area contributed by atoms with E-state index in [-0.39, 0.29) is 19.7 Å². The van der Waals surface area contributed by atoms with Crippen LogP contribution in [0.1, 0.15) is 5.56 Å². The van der Waals surface area contributed by atoms with Crippen molar-refractivity contribution >= 4 is 11.9 Å². The molecule has 0 spiro atoms. The normalized spacial score (nSPS) is 18.8. The summed E-state index contributed by atoms with van der Waals surface area (Å²) < 4.78 is 22.7. The summed E-state index contributed by atoms with van der Waals surface area (Å²) in [6.07, 6.45) is 5.24. The molecule has 2 rings (SSSR count). The maximum atomic E-state index is 11.2. The zero-order valence-corrected chi connectivity index (χ0v) is 21.4. The van der Waals surface area contributed by atoms with Gasteiger partial charge in [-0.15, -0.1) is 6.42 Å². The van der Waals surface area contributed by atoms with Crippen molar-refractivity contribution in [1.82, 2.24) is 14.7 Å². The Labute approximate surface area is 218 Å². The Balaban J connectivity index is 1.96. The van der Waals surface area contributed by atoms with E-state index in [0.29, 0.717) is 85.5 Å². The van der Waals surface area contributed by atoms with E-state index in [2.05, 4.69) is 10.8 Å². The smallest absolute Gasteiger partial charge is 0.317 e.